The number of hydrogen-bond acceptors (Lipinski definition) is 9. The van der Waals surface area contributed by atoms with Gasteiger partial charge in [0, 0.05) is 0 Å². The second-order valence-electron chi connectivity index (χ2n) is 15.4. The number of ether oxygens (including phenoxy) is 2. The molecule has 4 aromatic carbocycles. The summed E-state index contributed by atoms with van der Waals surface area (Å²) in [4.78, 5) is -0.576. The Morgan fingerprint density at radius 2 is 0.836 bits per heavy atom. The molecule has 4 aromatic rings. The Bertz CT molecular complexity index is 1910. The number of para-hydroxylation sites is 4. The van der Waals surface area contributed by atoms with Crippen molar-refractivity contribution in [2.75, 3.05) is 0 Å². The quantitative estimate of drug-likeness (QED) is 0.0317. The second-order valence-corrected chi connectivity index (χ2v) is 18.1. The predicted molar refractivity (Wildman–Crippen MR) is 242 cm³/mol. The molecule has 0 fully saturated rings. The van der Waals surface area contributed by atoms with Crippen LogP contribution in [0.2, 0.25) is 0 Å². The Balaban J connectivity index is 0.000000413. The molecule has 61 heavy (non-hydrogen) atoms. The minimum Gasteiger partial charge on any atom is -0.870 e. The molecule has 0 aliphatic rings. The Morgan fingerprint density at radius 3 is 1.26 bits per heavy atom. The average Bonchev–Trinajstić information content (AvgIpc) is 3.20. The molecular formula is C48H66CaO10S2. The van der Waals surface area contributed by atoms with E-state index in [1.54, 1.807) is 48.5 Å². The van der Waals surface area contributed by atoms with Gasteiger partial charge in [0.25, 0.3) is 10.1 Å². The molecule has 0 heterocycles. The summed E-state index contributed by atoms with van der Waals surface area (Å²) in [5, 5.41) is 21.8. The number of benzene rings is 4. The zero-order chi connectivity index (χ0) is 43.6. The largest absolute Gasteiger partial charge is 2.00 e. The van der Waals surface area contributed by atoms with Crippen molar-refractivity contribution in [3.05, 3.63) is 96.1 Å². The van der Waals surface area contributed by atoms with Crippen LogP contribution < -0.4 is 14.6 Å². The first-order valence-corrected chi connectivity index (χ1v) is 24.8. The van der Waals surface area contributed by atoms with E-state index in [1.807, 2.05) is 0 Å². The molecule has 2 N–H and O–H groups in total. The summed E-state index contributed by atoms with van der Waals surface area (Å²) in [5.41, 5.74) is 0.982. The molecule has 0 saturated carbocycles. The van der Waals surface area contributed by atoms with Crippen molar-refractivity contribution in [2.24, 2.45) is 0 Å². The maximum absolute atomic E-state index is 12.0. The van der Waals surface area contributed by atoms with Crippen LogP contribution in [0.1, 0.15) is 153 Å². The van der Waals surface area contributed by atoms with Crippen LogP contribution in [0.15, 0.2) is 94.7 Å². The van der Waals surface area contributed by atoms with Gasteiger partial charge in [-0.2, -0.15) is 8.42 Å². The minimum atomic E-state index is -4.74. The van der Waals surface area contributed by atoms with Crippen molar-refractivity contribution in [2.45, 2.75) is 165 Å². The Labute approximate surface area is 396 Å². The molecule has 0 amide bonds. The van der Waals surface area contributed by atoms with Gasteiger partial charge >= 0.3 is 37.7 Å². The third-order valence-corrected chi connectivity index (χ3v) is 12.3. The molecule has 0 aromatic heterocycles. The molecule has 0 saturated heterocycles. The number of aromatic hydroxyl groups is 1. The molecule has 0 spiro atoms. The van der Waals surface area contributed by atoms with E-state index in [1.165, 1.54) is 126 Å². The molecule has 10 nitrogen and oxygen atoms in total. The fourth-order valence-corrected chi connectivity index (χ4v) is 8.89. The zero-order valence-corrected chi connectivity index (χ0v) is 40.2. The third kappa shape index (κ3) is 20.9. The molecule has 0 bridgehead atoms. The molecule has 0 unspecified atom stereocenters. The van der Waals surface area contributed by atoms with Crippen molar-refractivity contribution in [1.29, 1.82) is 0 Å². The molecule has 0 atom stereocenters. The van der Waals surface area contributed by atoms with Crippen LogP contribution in [-0.2, 0) is 33.1 Å². The van der Waals surface area contributed by atoms with Gasteiger partial charge in [0.05, 0.1) is 0 Å². The van der Waals surface area contributed by atoms with Crippen LogP contribution in [0.4, 0.5) is 0 Å². The predicted octanol–water partition coefficient (Wildman–Crippen LogP) is 12.4. The molecule has 0 aliphatic carbocycles. The van der Waals surface area contributed by atoms with Crippen LogP contribution in [0.25, 0.3) is 0 Å². The maximum atomic E-state index is 12.0. The van der Waals surface area contributed by atoms with Gasteiger partial charge in [-0.3, -0.25) is 4.55 Å². The summed E-state index contributed by atoms with van der Waals surface area (Å²) < 4.78 is 80.8. The summed E-state index contributed by atoms with van der Waals surface area (Å²) in [5.74, 6) is -0.399. The Kier molecular flexibility index (Phi) is 27.0. The number of phenolic OH excluding ortho intramolecular Hbond substituents is 1. The van der Waals surface area contributed by atoms with E-state index in [4.69, 9.17) is 9.47 Å². The van der Waals surface area contributed by atoms with E-state index >= 15 is 0 Å². The molecule has 332 valence electrons. The Hall–Kier alpha value is -2.84. The fourth-order valence-electron chi connectivity index (χ4n) is 7.17. The van der Waals surface area contributed by atoms with E-state index < -0.39 is 20.2 Å². The fraction of sp³-hybridized carbons (Fsp3) is 0.500. The topological polar surface area (TPSA) is 173 Å². The van der Waals surface area contributed by atoms with Crippen molar-refractivity contribution in [3.8, 4) is 34.5 Å². The smallest absolute Gasteiger partial charge is 0.870 e. The van der Waals surface area contributed by atoms with Gasteiger partial charge in [-0.05, 0) is 67.1 Å². The van der Waals surface area contributed by atoms with Crippen LogP contribution in [-0.4, -0.2) is 68.8 Å². The number of rotatable bonds is 28. The molecule has 0 aliphatic heterocycles. The van der Waals surface area contributed by atoms with Crippen LogP contribution in [0.3, 0.4) is 0 Å². The van der Waals surface area contributed by atoms with E-state index in [0.717, 1.165) is 38.5 Å². The van der Waals surface area contributed by atoms with Crippen molar-refractivity contribution in [3.63, 3.8) is 0 Å². The second kappa shape index (κ2) is 30.3. The molecule has 4 rings (SSSR count). The van der Waals surface area contributed by atoms with Gasteiger partial charge in [0.1, 0.15) is 37.2 Å². The van der Waals surface area contributed by atoms with Gasteiger partial charge < -0.3 is 24.2 Å². The van der Waals surface area contributed by atoms with Crippen LogP contribution in [0, 0.1) is 0 Å². The van der Waals surface area contributed by atoms with E-state index in [2.05, 4.69) is 13.8 Å². The van der Waals surface area contributed by atoms with Crippen LogP contribution in [0.5, 0.6) is 34.5 Å². The van der Waals surface area contributed by atoms with Gasteiger partial charge in [-0.15, -0.1) is 0 Å². The summed E-state index contributed by atoms with van der Waals surface area (Å²) in [6.45, 7) is 4.44. The van der Waals surface area contributed by atoms with Gasteiger partial charge in [0.15, 0.2) is 11.5 Å². The number of hydrogen-bond donors (Lipinski definition) is 2. The van der Waals surface area contributed by atoms with Gasteiger partial charge in [-0.1, -0.05) is 190 Å². The summed E-state index contributed by atoms with van der Waals surface area (Å²) in [7, 11) is -9.20. The first-order chi connectivity index (χ1) is 28.9. The average molecular weight is 907 g/mol. The molecular weight excluding hydrogens is 841 g/mol. The van der Waals surface area contributed by atoms with Gasteiger partial charge in [-0.25, -0.2) is 8.42 Å². The Morgan fingerprint density at radius 1 is 0.475 bits per heavy atom. The third-order valence-electron chi connectivity index (χ3n) is 10.4. The number of aryl methyl sites for hydroxylation is 2. The van der Waals surface area contributed by atoms with Gasteiger partial charge in [0.2, 0.25) is 0 Å². The van der Waals surface area contributed by atoms with Crippen LogP contribution >= 0.6 is 0 Å². The summed E-state index contributed by atoms with van der Waals surface area (Å²) in [6.07, 6.45) is 24.8. The monoisotopic (exact) mass is 906 g/mol. The van der Waals surface area contributed by atoms with E-state index in [0.29, 0.717) is 24.0 Å². The minimum absolute atomic E-state index is 0. The first-order valence-electron chi connectivity index (χ1n) is 21.9. The standard InChI is InChI=1S/2C24H34O5S.Ca/c2*1-2-3-4-5-6-7-8-9-10-11-15-20-16-14-19-23(24(20)30(26,27)28)29-22-18-13-12-17-21(22)25;/h2*12-14,16-19,25H,2-11,15H2,1H3,(H,26,27,28);/q;;+2/p-2. The molecule has 13 heteroatoms. The SMILES string of the molecule is CCCCCCCCCCCCc1cccc(Oc2ccccc2O)c1S(=O)(=O)O.CCCCCCCCCCCCc1cccc(Oc2ccccc2[O-])c1S(=O)(=O)[O-].[Ca+2]. The zero-order valence-electron chi connectivity index (χ0n) is 36.3. The molecule has 0 radical (unpaired) electrons. The van der Waals surface area contributed by atoms with E-state index in [-0.39, 0.29) is 82.0 Å². The first kappa shape index (κ1) is 54.3. The van der Waals surface area contributed by atoms with Crippen molar-refractivity contribution in [1.82, 2.24) is 0 Å². The number of phenols is 1. The van der Waals surface area contributed by atoms with Crippen molar-refractivity contribution < 1.29 is 45.6 Å². The maximum Gasteiger partial charge on any atom is 2.00 e. The summed E-state index contributed by atoms with van der Waals surface area (Å²) in [6, 6.07) is 21.9. The normalized spacial score (nSPS) is 11.3. The van der Waals surface area contributed by atoms with Crippen molar-refractivity contribution >= 4 is 58.0 Å². The number of unbranched alkanes of at least 4 members (excludes halogenated alkanes) is 18. The summed E-state index contributed by atoms with van der Waals surface area (Å²) >= 11 is 0. The van der Waals surface area contributed by atoms with E-state index in [9.17, 15) is 36.2 Å².